The fourth-order valence-electron chi connectivity index (χ4n) is 2.96. The van der Waals surface area contributed by atoms with E-state index in [9.17, 15) is 27.5 Å². The van der Waals surface area contributed by atoms with Crippen LogP contribution in [0.15, 0.2) is 28.8 Å². The standard InChI is InChI=1S/C17H16F4N2O3/c18-13-14(16(25)22-11-2-1-3-12(24)8-11)23-26-15(13)9-4-6-10(7-5-9)17(19,20)21/h4-7,11-12,24H,1-3,8H2,(H,22,25)/t11?,12-/m0/s1. The fraction of sp³-hybridized carbons (Fsp3) is 0.412. The number of rotatable bonds is 3. The van der Waals surface area contributed by atoms with E-state index in [-0.39, 0.29) is 11.6 Å². The summed E-state index contributed by atoms with van der Waals surface area (Å²) in [5.41, 5.74) is -1.41. The lowest BCUT2D eigenvalue weighted by atomic mass is 9.93. The van der Waals surface area contributed by atoms with Crippen LogP contribution in [0.3, 0.4) is 0 Å². The monoisotopic (exact) mass is 372 g/mol. The molecular formula is C17H16F4N2O3. The van der Waals surface area contributed by atoms with Crippen molar-refractivity contribution in [3.63, 3.8) is 0 Å². The van der Waals surface area contributed by atoms with Gasteiger partial charge in [-0.1, -0.05) is 17.3 Å². The van der Waals surface area contributed by atoms with Gasteiger partial charge in [-0.3, -0.25) is 4.79 Å². The maximum Gasteiger partial charge on any atom is 0.416 e. The summed E-state index contributed by atoms with van der Waals surface area (Å²) in [6.07, 6.45) is -2.59. The van der Waals surface area contributed by atoms with E-state index in [1.807, 2.05) is 0 Å². The van der Waals surface area contributed by atoms with E-state index in [2.05, 4.69) is 10.5 Å². The number of hydrogen-bond acceptors (Lipinski definition) is 4. The Bertz CT molecular complexity index is 786. The molecule has 1 aliphatic rings. The van der Waals surface area contributed by atoms with Crippen molar-refractivity contribution in [3.05, 3.63) is 41.3 Å². The number of nitrogens with zero attached hydrogens (tertiary/aromatic N) is 1. The molecule has 26 heavy (non-hydrogen) atoms. The van der Waals surface area contributed by atoms with Crippen molar-refractivity contribution in [2.75, 3.05) is 0 Å². The van der Waals surface area contributed by atoms with E-state index in [4.69, 9.17) is 4.52 Å². The Morgan fingerprint density at radius 1 is 1.23 bits per heavy atom. The second-order valence-corrected chi connectivity index (χ2v) is 6.24. The second kappa shape index (κ2) is 7.06. The van der Waals surface area contributed by atoms with Crippen LogP contribution in [0.25, 0.3) is 11.3 Å². The van der Waals surface area contributed by atoms with Crippen molar-refractivity contribution < 1.29 is 32.0 Å². The molecule has 0 bridgehead atoms. The number of aromatic nitrogens is 1. The summed E-state index contributed by atoms with van der Waals surface area (Å²) in [5, 5.41) is 15.6. The topological polar surface area (TPSA) is 75.4 Å². The van der Waals surface area contributed by atoms with Gasteiger partial charge in [-0.2, -0.15) is 17.6 Å². The molecule has 140 valence electrons. The Hall–Kier alpha value is -2.42. The lowest BCUT2D eigenvalue weighted by Crippen LogP contribution is -2.40. The summed E-state index contributed by atoms with van der Waals surface area (Å²) in [5.74, 6) is -2.24. The molecule has 2 atom stereocenters. The summed E-state index contributed by atoms with van der Waals surface area (Å²) in [4.78, 5) is 12.2. The van der Waals surface area contributed by atoms with E-state index < -0.39 is 41.0 Å². The first kappa shape index (κ1) is 18.4. The first-order valence-corrected chi connectivity index (χ1v) is 8.07. The van der Waals surface area contributed by atoms with E-state index >= 15 is 0 Å². The zero-order valence-corrected chi connectivity index (χ0v) is 13.5. The molecule has 1 amide bonds. The summed E-state index contributed by atoms with van der Waals surface area (Å²) in [6.45, 7) is 0. The van der Waals surface area contributed by atoms with Gasteiger partial charge in [0, 0.05) is 11.6 Å². The predicted molar refractivity (Wildman–Crippen MR) is 82.6 cm³/mol. The average molecular weight is 372 g/mol. The Morgan fingerprint density at radius 2 is 1.92 bits per heavy atom. The third kappa shape index (κ3) is 3.87. The highest BCUT2D eigenvalue weighted by molar-refractivity contribution is 5.93. The van der Waals surface area contributed by atoms with Gasteiger partial charge in [0.05, 0.1) is 11.7 Å². The Morgan fingerprint density at radius 3 is 2.54 bits per heavy atom. The van der Waals surface area contributed by atoms with E-state index in [0.29, 0.717) is 19.3 Å². The molecule has 2 aromatic rings. The number of carbonyl (C=O) groups is 1. The molecule has 0 aliphatic heterocycles. The molecule has 0 saturated heterocycles. The normalized spacial score (nSPS) is 20.8. The highest BCUT2D eigenvalue weighted by Crippen LogP contribution is 2.32. The van der Waals surface area contributed by atoms with Crippen molar-refractivity contribution in [2.24, 2.45) is 0 Å². The van der Waals surface area contributed by atoms with Crippen LogP contribution < -0.4 is 5.32 Å². The largest absolute Gasteiger partial charge is 0.416 e. The average Bonchev–Trinajstić information content (AvgIpc) is 2.96. The Balaban J connectivity index is 1.76. The molecule has 1 unspecified atom stereocenters. The van der Waals surface area contributed by atoms with Crippen LogP contribution in [0.1, 0.15) is 41.7 Å². The third-order valence-electron chi connectivity index (χ3n) is 4.31. The summed E-state index contributed by atoms with van der Waals surface area (Å²) in [7, 11) is 0. The number of amides is 1. The smallest absolute Gasteiger partial charge is 0.393 e. The van der Waals surface area contributed by atoms with Gasteiger partial charge in [0.25, 0.3) is 5.91 Å². The van der Waals surface area contributed by atoms with Gasteiger partial charge in [-0.15, -0.1) is 0 Å². The predicted octanol–water partition coefficient (Wildman–Crippen LogP) is 3.53. The molecule has 1 aromatic carbocycles. The number of carbonyl (C=O) groups excluding carboxylic acids is 1. The van der Waals surface area contributed by atoms with Crippen LogP contribution in [0.4, 0.5) is 17.6 Å². The molecule has 1 heterocycles. The summed E-state index contributed by atoms with van der Waals surface area (Å²) >= 11 is 0. The summed E-state index contributed by atoms with van der Waals surface area (Å²) < 4.78 is 57.0. The minimum atomic E-state index is -4.51. The van der Waals surface area contributed by atoms with Crippen LogP contribution in [0.5, 0.6) is 0 Å². The quantitative estimate of drug-likeness (QED) is 0.809. The van der Waals surface area contributed by atoms with E-state index in [1.165, 1.54) is 0 Å². The number of alkyl halides is 3. The van der Waals surface area contributed by atoms with Crippen LogP contribution in [0.2, 0.25) is 0 Å². The minimum absolute atomic E-state index is 0.0372. The van der Waals surface area contributed by atoms with Gasteiger partial charge in [0.1, 0.15) is 0 Å². The van der Waals surface area contributed by atoms with Gasteiger partial charge in [0.15, 0.2) is 0 Å². The van der Waals surface area contributed by atoms with Crippen molar-refractivity contribution in [1.82, 2.24) is 10.5 Å². The van der Waals surface area contributed by atoms with E-state index in [1.54, 1.807) is 0 Å². The maximum absolute atomic E-state index is 14.4. The Labute approximate surface area is 146 Å². The number of nitrogens with one attached hydrogen (secondary N) is 1. The van der Waals surface area contributed by atoms with Gasteiger partial charge in [0.2, 0.25) is 17.3 Å². The molecule has 3 rings (SSSR count). The maximum atomic E-state index is 14.4. The van der Waals surface area contributed by atoms with Crippen molar-refractivity contribution in [1.29, 1.82) is 0 Å². The van der Waals surface area contributed by atoms with Gasteiger partial charge < -0.3 is 14.9 Å². The van der Waals surface area contributed by atoms with Crippen LogP contribution in [0, 0.1) is 5.82 Å². The fourth-order valence-corrected chi connectivity index (χ4v) is 2.96. The summed E-state index contributed by atoms with van der Waals surface area (Å²) in [6, 6.07) is 3.38. The first-order valence-electron chi connectivity index (χ1n) is 8.07. The molecule has 0 radical (unpaired) electrons. The highest BCUT2D eigenvalue weighted by atomic mass is 19.4. The van der Waals surface area contributed by atoms with Crippen LogP contribution >= 0.6 is 0 Å². The van der Waals surface area contributed by atoms with Gasteiger partial charge in [-0.05, 0) is 37.8 Å². The molecule has 1 aliphatic carbocycles. The zero-order chi connectivity index (χ0) is 18.9. The number of halogens is 4. The molecule has 2 N–H and O–H groups in total. The van der Waals surface area contributed by atoms with Crippen LogP contribution in [-0.2, 0) is 6.18 Å². The molecule has 0 spiro atoms. The molecule has 5 nitrogen and oxygen atoms in total. The lowest BCUT2D eigenvalue weighted by Gasteiger charge is -2.26. The molecule has 1 saturated carbocycles. The second-order valence-electron chi connectivity index (χ2n) is 6.24. The number of hydrogen-bond donors (Lipinski definition) is 2. The molecule has 1 fully saturated rings. The van der Waals surface area contributed by atoms with E-state index in [0.717, 1.165) is 30.7 Å². The van der Waals surface area contributed by atoms with Crippen molar-refractivity contribution in [2.45, 2.75) is 44.0 Å². The minimum Gasteiger partial charge on any atom is -0.393 e. The van der Waals surface area contributed by atoms with Crippen molar-refractivity contribution >= 4 is 5.91 Å². The Kier molecular flexibility index (Phi) is 4.99. The number of benzene rings is 1. The van der Waals surface area contributed by atoms with Gasteiger partial charge in [-0.25, -0.2) is 0 Å². The SMILES string of the molecule is O=C(NC1CCC[C@H](O)C1)c1noc(-c2ccc(C(F)(F)F)cc2)c1F. The molecule has 9 heteroatoms. The number of aliphatic hydroxyl groups excluding tert-OH is 1. The molecular weight excluding hydrogens is 356 g/mol. The van der Waals surface area contributed by atoms with Gasteiger partial charge >= 0.3 is 6.18 Å². The zero-order valence-electron chi connectivity index (χ0n) is 13.5. The first-order chi connectivity index (χ1) is 12.3. The van der Waals surface area contributed by atoms with Crippen LogP contribution in [-0.4, -0.2) is 28.3 Å². The lowest BCUT2D eigenvalue weighted by molar-refractivity contribution is -0.137. The third-order valence-corrected chi connectivity index (χ3v) is 4.31. The molecule has 1 aromatic heterocycles. The van der Waals surface area contributed by atoms with Crippen molar-refractivity contribution in [3.8, 4) is 11.3 Å². The highest BCUT2D eigenvalue weighted by Gasteiger charge is 2.31. The number of aliphatic hydroxyl groups is 1.